The summed E-state index contributed by atoms with van der Waals surface area (Å²) in [5, 5.41) is 0. The van der Waals surface area contributed by atoms with E-state index in [-0.39, 0.29) is 0 Å². The van der Waals surface area contributed by atoms with Gasteiger partial charge in [-0.05, 0) is 0 Å². The number of imidazole rings is 1. The van der Waals surface area contributed by atoms with Crippen molar-refractivity contribution in [1.29, 1.82) is 0 Å². The molecule has 0 atom stereocenters. The van der Waals surface area contributed by atoms with Crippen LogP contribution in [0.15, 0.2) is 47.8 Å². The Labute approximate surface area is 94.2 Å². The van der Waals surface area contributed by atoms with Crippen molar-refractivity contribution in [2.45, 2.75) is 6.42 Å². The molecule has 0 saturated heterocycles. The molecule has 0 radical (unpaired) electrons. The van der Waals surface area contributed by atoms with E-state index in [1.165, 1.54) is 0 Å². The highest BCUT2D eigenvalue weighted by Crippen LogP contribution is 1.99. The smallest absolute Gasteiger partial charge is 0.125 e. The first-order valence-corrected chi connectivity index (χ1v) is 5.19. The highest BCUT2D eigenvalue weighted by Gasteiger charge is 1.96. The lowest BCUT2D eigenvalue weighted by Crippen LogP contribution is -2.14. The number of amidine groups is 1. The van der Waals surface area contributed by atoms with Crippen LogP contribution in [-0.2, 0) is 6.42 Å². The molecule has 1 heterocycles. The van der Waals surface area contributed by atoms with Gasteiger partial charge in [-0.1, -0.05) is 30.3 Å². The molecule has 2 aromatic rings. The van der Waals surface area contributed by atoms with Crippen molar-refractivity contribution in [3.05, 3.63) is 54.1 Å². The lowest BCUT2D eigenvalue weighted by Gasteiger charge is -2.00. The zero-order valence-electron chi connectivity index (χ0n) is 8.93. The third-order valence-corrected chi connectivity index (χ3v) is 2.29. The van der Waals surface area contributed by atoms with Crippen molar-refractivity contribution in [2.24, 2.45) is 10.7 Å². The van der Waals surface area contributed by atoms with E-state index in [4.69, 9.17) is 5.73 Å². The van der Waals surface area contributed by atoms with Crippen molar-refractivity contribution in [2.75, 3.05) is 6.54 Å². The van der Waals surface area contributed by atoms with Gasteiger partial charge in [-0.3, -0.25) is 4.99 Å². The van der Waals surface area contributed by atoms with Gasteiger partial charge in [-0.15, -0.1) is 0 Å². The maximum absolute atomic E-state index is 5.86. The Balaban J connectivity index is 1.93. The SMILES string of the molecule is NC(=NCCc1cnc[nH]1)c1ccccc1. The quantitative estimate of drug-likeness (QED) is 0.596. The minimum absolute atomic E-state index is 0.583. The summed E-state index contributed by atoms with van der Waals surface area (Å²) in [5.74, 6) is 0.583. The zero-order chi connectivity index (χ0) is 11.2. The molecule has 0 amide bonds. The maximum Gasteiger partial charge on any atom is 0.125 e. The number of aromatic amines is 1. The van der Waals surface area contributed by atoms with Crippen molar-refractivity contribution in [1.82, 2.24) is 9.97 Å². The van der Waals surface area contributed by atoms with E-state index < -0.39 is 0 Å². The summed E-state index contributed by atoms with van der Waals surface area (Å²) in [6.45, 7) is 0.670. The Kier molecular flexibility index (Phi) is 3.33. The normalized spacial score (nSPS) is 11.6. The van der Waals surface area contributed by atoms with Crippen LogP contribution >= 0.6 is 0 Å². The zero-order valence-corrected chi connectivity index (χ0v) is 8.93. The predicted molar refractivity (Wildman–Crippen MR) is 64.3 cm³/mol. The summed E-state index contributed by atoms with van der Waals surface area (Å²) in [6, 6.07) is 9.77. The van der Waals surface area contributed by atoms with Gasteiger partial charge in [-0.25, -0.2) is 4.98 Å². The van der Waals surface area contributed by atoms with Gasteiger partial charge in [0.05, 0.1) is 6.33 Å². The summed E-state index contributed by atoms with van der Waals surface area (Å²) in [4.78, 5) is 11.3. The molecule has 0 fully saturated rings. The van der Waals surface area contributed by atoms with E-state index >= 15 is 0 Å². The number of aliphatic imine (C=N–C) groups is 1. The van der Waals surface area contributed by atoms with Gasteiger partial charge in [-0.2, -0.15) is 0 Å². The van der Waals surface area contributed by atoms with Crippen LogP contribution in [0.5, 0.6) is 0 Å². The second kappa shape index (κ2) is 5.11. The number of benzene rings is 1. The molecule has 0 unspecified atom stereocenters. The fraction of sp³-hybridized carbons (Fsp3) is 0.167. The monoisotopic (exact) mass is 214 g/mol. The molecule has 0 aliphatic rings. The third kappa shape index (κ3) is 2.70. The molecule has 3 N–H and O–H groups in total. The van der Waals surface area contributed by atoms with E-state index in [1.54, 1.807) is 12.5 Å². The minimum Gasteiger partial charge on any atom is -0.384 e. The molecule has 4 heteroatoms. The molecule has 0 saturated carbocycles. The fourth-order valence-electron chi connectivity index (χ4n) is 1.42. The molecule has 0 aliphatic heterocycles. The molecule has 0 bridgehead atoms. The number of hydrogen-bond acceptors (Lipinski definition) is 2. The summed E-state index contributed by atoms with van der Waals surface area (Å²) in [6.07, 6.45) is 4.29. The molecule has 1 aromatic heterocycles. The van der Waals surface area contributed by atoms with Gasteiger partial charge in [0.1, 0.15) is 5.84 Å². The Morgan fingerprint density at radius 3 is 2.81 bits per heavy atom. The minimum atomic E-state index is 0.583. The molecule has 0 aliphatic carbocycles. The van der Waals surface area contributed by atoms with Gasteiger partial charge in [0.2, 0.25) is 0 Å². The third-order valence-electron chi connectivity index (χ3n) is 2.29. The summed E-state index contributed by atoms with van der Waals surface area (Å²) in [5.41, 5.74) is 7.90. The van der Waals surface area contributed by atoms with Gasteiger partial charge in [0.25, 0.3) is 0 Å². The number of H-pyrrole nitrogens is 1. The molecule has 16 heavy (non-hydrogen) atoms. The van der Waals surface area contributed by atoms with Crippen LogP contribution in [0.1, 0.15) is 11.3 Å². The fourth-order valence-corrected chi connectivity index (χ4v) is 1.42. The highest BCUT2D eigenvalue weighted by molar-refractivity contribution is 5.97. The van der Waals surface area contributed by atoms with Crippen molar-refractivity contribution in [3.8, 4) is 0 Å². The number of aromatic nitrogens is 2. The van der Waals surface area contributed by atoms with E-state index in [1.807, 2.05) is 30.3 Å². The maximum atomic E-state index is 5.86. The second-order valence-corrected chi connectivity index (χ2v) is 3.46. The van der Waals surface area contributed by atoms with Crippen LogP contribution < -0.4 is 5.73 Å². The Morgan fingerprint density at radius 1 is 1.31 bits per heavy atom. The van der Waals surface area contributed by atoms with E-state index in [0.717, 1.165) is 17.7 Å². The van der Waals surface area contributed by atoms with Gasteiger partial charge in [0, 0.05) is 30.4 Å². The lowest BCUT2D eigenvalue weighted by molar-refractivity contribution is 0.933. The standard InChI is InChI=1S/C12H14N4/c13-12(10-4-2-1-3-5-10)15-7-6-11-8-14-9-16-11/h1-5,8-9H,6-7H2,(H2,13,15)(H,14,16). The largest absolute Gasteiger partial charge is 0.384 e. The number of nitrogens with zero attached hydrogens (tertiary/aromatic N) is 2. The highest BCUT2D eigenvalue weighted by atomic mass is 14.9. The van der Waals surface area contributed by atoms with Crippen molar-refractivity contribution in [3.63, 3.8) is 0 Å². The predicted octanol–water partition coefficient (Wildman–Crippen LogP) is 1.36. The van der Waals surface area contributed by atoms with E-state index in [0.29, 0.717) is 12.4 Å². The van der Waals surface area contributed by atoms with Crippen LogP contribution in [0.4, 0.5) is 0 Å². The van der Waals surface area contributed by atoms with Crippen LogP contribution in [0.25, 0.3) is 0 Å². The lowest BCUT2D eigenvalue weighted by atomic mass is 10.2. The first kappa shape index (κ1) is 10.4. The summed E-state index contributed by atoms with van der Waals surface area (Å²) >= 11 is 0. The topological polar surface area (TPSA) is 67.1 Å². The first-order valence-electron chi connectivity index (χ1n) is 5.19. The molecule has 1 aromatic carbocycles. The second-order valence-electron chi connectivity index (χ2n) is 3.46. The summed E-state index contributed by atoms with van der Waals surface area (Å²) < 4.78 is 0. The Bertz CT molecular complexity index is 445. The molecule has 0 spiro atoms. The summed E-state index contributed by atoms with van der Waals surface area (Å²) in [7, 11) is 0. The van der Waals surface area contributed by atoms with E-state index in [9.17, 15) is 0 Å². The number of hydrogen-bond donors (Lipinski definition) is 2. The molecule has 82 valence electrons. The number of nitrogens with two attached hydrogens (primary N) is 1. The van der Waals surface area contributed by atoms with Crippen molar-refractivity contribution < 1.29 is 0 Å². The number of nitrogens with one attached hydrogen (secondary N) is 1. The van der Waals surface area contributed by atoms with Crippen molar-refractivity contribution >= 4 is 5.84 Å². The molecular formula is C12H14N4. The molecule has 4 nitrogen and oxygen atoms in total. The van der Waals surface area contributed by atoms with Gasteiger partial charge < -0.3 is 10.7 Å². The van der Waals surface area contributed by atoms with Gasteiger partial charge in [0.15, 0.2) is 0 Å². The number of rotatable bonds is 4. The van der Waals surface area contributed by atoms with Gasteiger partial charge >= 0.3 is 0 Å². The molecule has 2 rings (SSSR count). The average molecular weight is 214 g/mol. The Hall–Kier alpha value is -2.10. The van der Waals surface area contributed by atoms with E-state index in [2.05, 4.69) is 15.0 Å². The van der Waals surface area contributed by atoms with Crippen LogP contribution in [0.3, 0.4) is 0 Å². The average Bonchev–Trinajstić information content (AvgIpc) is 2.83. The first-order chi connectivity index (χ1) is 7.86. The van der Waals surface area contributed by atoms with Crippen LogP contribution in [-0.4, -0.2) is 22.3 Å². The van der Waals surface area contributed by atoms with Crippen LogP contribution in [0, 0.1) is 0 Å². The molecular weight excluding hydrogens is 200 g/mol. The Morgan fingerprint density at radius 2 is 2.12 bits per heavy atom. The van der Waals surface area contributed by atoms with Crippen LogP contribution in [0.2, 0.25) is 0 Å².